The molecule has 23 heavy (non-hydrogen) atoms. The molecule has 0 spiro atoms. The fraction of sp³-hybridized carbons (Fsp3) is 0.278. The molecule has 118 valence electrons. The van der Waals surface area contributed by atoms with Crippen LogP contribution in [-0.4, -0.2) is 25.2 Å². The van der Waals surface area contributed by atoms with Gasteiger partial charge in [-0.15, -0.1) is 0 Å². The van der Waals surface area contributed by atoms with Crippen LogP contribution in [0.15, 0.2) is 53.4 Å². The number of hydrogen-bond donors (Lipinski definition) is 0. The average molecular weight is 327 g/mol. The van der Waals surface area contributed by atoms with Gasteiger partial charge in [0.05, 0.1) is 12.3 Å². The zero-order valence-electron chi connectivity index (χ0n) is 12.8. The first kappa shape index (κ1) is 14.6. The van der Waals surface area contributed by atoms with Crippen molar-refractivity contribution in [2.24, 2.45) is 0 Å². The van der Waals surface area contributed by atoms with Gasteiger partial charge in [0.25, 0.3) is 0 Å². The molecular formula is C18H17NO3S. The zero-order chi connectivity index (χ0) is 15.8. The lowest BCUT2D eigenvalue weighted by molar-refractivity contribution is -0.116. The number of fused-ring (bicyclic) bond motifs is 1. The van der Waals surface area contributed by atoms with Crippen molar-refractivity contribution < 1.29 is 14.3 Å². The van der Waals surface area contributed by atoms with Gasteiger partial charge in [-0.3, -0.25) is 9.69 Å². The molecule has 2 aromatic carbocycles. The minimum Gasteiger partial charge on any atom is -0.490 e. The second kappa shape index (κ2) is 5.91. The van der Waals surface area contributed by atoms with Crippen LogP contribution in [0.25, 0.3) is 0 Å². The third-order valence-corrected chi connectivity index (χ3v) is 5.24. The van der Waals surface area contributed by atoms with Gasteiger partial charge in [0.15, 0.2) is 0 Å². The number of anilines is 1. The molecule has 2 heterocycles. The lowest BCUT2D eigenvalue weighted by Crippen LogP contribution is -2.28. The van der Waals surface area contributed by atoms with Gasteiger partial charge in [-0.05, 0) is 18.2 Å². The molecule has 0 aliphatic carbocycles. The number of amides is 1. The van der Waals surface area contributed by atoms with E-state index in [9.17, 15) is 4.79 Å². The van der Waals surface area contributed by atoms with E-state index >= 15 is 0 Å². The molecule has 0 bridgehead atoms. The summed E-state index contributed by atoms with van der Waals surface area (Å²) in [6.07, 6.45) is 0.209. The van der Waals surface area contributed by atoms with E-state index < -0.39 is 0 Å². The normalized spacial score (nSPS) is 21.9. The van der Waals surface area contributed by atoms with Crippen molar-refractivity contribution in [2.45, 2.75) is 23.3 Å². The number of carbonyl (C=O) groups excluding carboxylic acids is 1. The zero-order valence-corrected chi connectivity index (χ0v) is 13.6. The number of rotatable bonds is 4. The lowest BCUT2D eigenvalue weighted by Gasteiger charge is -2.25. The van der Waals surface area contributed by atoms with E-state index in [0.29, 0.717) is 6.61 Å². The van der Waals surface area contributed by atoms with Gasteiger partial charge >= 0.3 is 0 Å². The first-order valence-corrected chi connectivity index (χ1v) is 8.51. The molecule has 2 atom stereocenters. The van der Waals surface area contributed by atoms with Crippen LogP contribution < -0.4 is 9.64 Å². The van der Waals surface area contributed by atoms with Gasteiger partial charge in [0.1, 0.15) is 23.8 Å². The Labute approximate surface area is 139 Å². The van der Waals surface area contributed by atoms with Gasteiger partial charge in [-0.1, -0.05) is 42.1 Å². The Morgan fingerprint density at radius 3 is 2.78 bits per heavy atom. The summed E-state index contributed by atoms with van der Waals surface area (Å²) in [6, 6.07) is 15.9. The van der Waals surface area contributed by atoms with Crippen molar-refractivity contribution in [1.82, 2.24) is 0 Å². The number of carbonyl (C=O) groups is 1. The van der Waals surface area contributed by atoms with Crippen molar-refractivity contribution in [3.8, 4) is 5.75 Å². The van der Waals surface area contributed by atoms with E-state index in [1.165, 1.54) is 0 Å². The van der Waals surface area contributed by atoms with Gasteiger partial charge in [0.2, 0.25) is 5.91 Å². The summed E-state index contributed by atoms with van der Waals surface area (Å²) in [7, 11) is 0. The maximum atomic E-state index is 12.2. The topological polar surface area (TPSA) is 42.1 Å². The van der Waals surface area contributed by atoms with Crippen molar-refractivity contribution in [3.63, 3.8) is 0 Å². The predicted octanol–water partition coefficient (Wildman–Crippen LogP) is 3.62. The number of nitrogens with zero attached hydrogens (tertiary/aromatic N) is 1. The van der Waals surface area contributed by atoms with Gasteiger partial charge in [-0.2, -0.15) is 0 Å². The van der Waals surface area contributed by atoms with Crippen LogP contribution in [0.3, 0.4) is 0 Å². The highest BCUT2D eigenvalue weighted by Crippen LogP contribution is 2.52. The summed E-state index contributed by atoms with van der Waals surface area (Å²) >= 11 is 1.68. The average Bonchev–Trinajstić information content (AvgIpc) is 3.31. The first-order chi connectivity index (χ1) is 11.2. The van der Waals surface area contributed by atoms with Crippen LogP contribution in [0.1, 0.15) is 17.9 Å². The summed E-state index contributed by atoms with van der Waals surface area (Å²) in [6.45, 7) is 2.93. The third-order valence-electron chi connectivity index (χ3n) is 3.95. The Morgan fingerprint density at radius 1 is 1.26 bits per heavy atom. The minimum absolute atomic E-state index is 0.0350. The van der Waals surface area contributed by atoms with Crippen molar-refractivity contribution >= 4 is 23.4 Å². The fourth-order valence-corrected chi connectivity index (χ4v) is 4.13. The SMILES string of the molecule is CC(=O)N1c2ccccc2SC1c1ccccc1OCC1CO1. The van der Waals surface area contributed by atoms with E-state index in [2.05, 4.69) is 6.07 Å². The Hall–Kier alpha value is -1.98. The summed E-state index contributed by atoms with van der Waals surface area (Å²) in [5.74, 6) is 0.854. The Balaban J connectivity index is 1.68. The predicted molar refractivity (Wildman–Crippen MR) is 89.9 cm³/mol. The molecule has 0 radical (unpaired) electrons. The molecule has 0 N–H and O–H groups in total. The van der Waals surface area contributed by atoms with Crippen LogP contribution in [0.2, 0.25) is 0 Å². The molecule has 4 nitrogen and oxygen atoms in total. The molecule has 2 aliphatic heterocycles. The van der Waals surface area contributed by atoms with Crippen LogP contribution in [0.5, 0.6) is 5.75 Å². The second-order valence-electron chi connectivity index (χ2n) is 5.63. The summed E-state index contributed by atoms with van der Waals surface area (Å²) in [5.41, 5.74) is 1.99. The molecule has 2 aromatic rings. The van der Waals surface area contributed by atoms with E-state index in [-0.39, 0.29) is 17.4 Å². The van der Waals surface area contributed by atoms with Gasteiger partial charge in [0, 0.05) is 17.4 Å². The molecule has 2 unspecified atom stereocenters. The summed E-state index contributed by atoms with van der Waals surface area (Å²) in [4.78, 5) is 15.2. The number of epoxide rings is 1. The number of hydrogen-bond acceptors (Lipinski definition) is 4. The molecule has 4 rings (SSSR count). The fourth-order valence-electron chi connectivity index (χ4n) is 2.76. The number of benzene rings is 2. The second-order valence-corrected chi connectivity index (χ2v) is 6.75. The molecule has 1 fully saturated rings. The first-order valence-electron chi connectivity index (χ1n) is 7.63. The lowest BCUT2D eigenvalue weighted by atomic mass is 10.1. The standard InChI is InChI=1S/C18H17NO3S/c1-12(20)19-15-7-3-5-9-17(15)23-18(19)14-6-2-4-8-16(14)22-11-13-10-21-13/h2-9,13,18H,10-11H2,1H3. The highest BCUT2D eigenvalue weighted by atomic mass is 32.2. The van der Waals surface area contributed by atoms with Crippen molar-refractivity contribution in [1.29, 1.82) is 0 Å². The monoisotopic (exact) mass is 327 g/mol. The highest BCUT2D eigenvalue weighted by Gasteiger charge is 2.35. The Bertz CT molecular complexity index is 745. The maximum absolute atomic E-state index is 12.2. The molecule has 2 aliphatic rings. The Kier molecular flexibility index (Phi) is 3.75. The number of para-hydroxylation sites is 2. The highest BCUT2D eigenvalue weighted by molar-refractivity contribution is 8.00. The molecule has 0 aromatic heterocycles. The Morgan fingerprint density at radius 2 is 2.00 bits per heavy atom. The quantitative estimate of drug-likeness (QED) is 0.804. The van der Waals surface area contributed by atoms with Crippen LogP contribution in [0.4, 0.5) is 5.69 Å². The van der Waals surface area contributed by atoms with Gasteiger partial charge < -0.3 is 9.47 Å². The van der Waals surface area contributed by atoms with Crippen LogP contribution in [-0.2, 0) is 9.53 Å². The molecule has 1 saturated heterocycles. The summed E-state index contributed by atoms with van der Waals surface area (Å²) in [5, 5.41) is -0.0961. The molecule has 0 saturated carbocycles. The minimum atomic E-state index is -0.0961. The maximum Gasteiger partial charge on any atom is 0.225 e. The third kappa shape index (κ3) is 2.82. The molecular weight excluding hydrogens is 310 g/mol. The van der Waals surface area contributed by atoms with E-state index in [1.54, 1.807) is 18.7 Å². The van der Waals surface area contributed by atoms with Crippen molar-refractivity contribution in [2.75, 3.05) is 18.1 Å². The molecule has 1 amide bonds. The van der Waals surface area contributed by atoms with Crippen LogP contribution >= 0.6 is 11.8 Å². The molecule has 5 heteroatoms. The van der Waals surface area contributed by atoms with Crippen LogP contribution in [0, 0.1) is 0 Å². The number of thioether (sulfide) groups is 1. The van der Waals surface area contributed by atoms with Crippen molar-refractivity contribution in [3.05, 3.63) is 54.1 Å². The largest absolute Gasteiger partial charge is 0.490 e. The van der Waals surface area contributed by atoms with E-state index in [4.69, 9.17) is 9.47 Å². The summed E-state index contributed by atoms with van der Waals surface area (Å²) < 4.78 is 11.1. The number of ether oxygens (including phenoxy) is 2. The smallest absolute Gasteiger partial charge is 0.225 e. The van der Waals surface area contributed by atoms with Gasteiger partial charge in [-0.25, -0.2) is 0 Å². The van der Waals surface area contributed by atoms with E-state index in [1.807, 2.05) is 47.4 Å². The van der Waals surface area contributed by atoms with E-state index in [0.717, 1.165) is 28.5 Å².